The van der Waals surface area contributed by atoms with Gasteiger partial charge in [0.1, 0.15) is 6.17 Å². The van der Waals surface area contributed by atoms with Gasteiger partial charge in [0.15, 0.2) is 0 Å². The molecule has 0 aromatic carbocycles. The highest BCUT2D eigenvalue weighted by molar-refractivity contribution is 5.46. The van der Waals surface area contributed by atoms with Crippen molar-refractivity contribution in [3.05, 3.63) is 0 Å². The molecule has 2 unspecified atom stereocenters. The lowest BCUT2D eigenvalue weighted by Crippen LogP contribution is -2.35. The lowest BCUT2D eigenvalue weighted by Gasteiger charge is -2.29. The van der Waals surface area contributed by atoms with E-state index < -0.39 is 6.17 Å². The van der Waals surface area contributed by atoms with Crippen molar-refractivity contribution in [2.24, 2.45) is 5.92 Å². The van der Waals surface area contributed by atoms with Gasteiger partial charge in [-0.25, -0.2) is 4.39 Å². The normalized spacial score (nSPS) is 33.0. The number of hydrogen-bond acceptors (Lipinski definition) is 1. The largest absolute Gasteiger partial charge is 0.347 e. The Balaban J connectivity index is 2.06. The predicted octanol–water partition coefficient (Wildman–Crippen LogP) is 0.391. The highest BCUT2D eigenvalue weighted by Crippen LogP contribution is 2.29. The summed E-state index contributed by atoms with van der Waals surface area (Å²) in [5.74, 6) is 0.0615. The van der Waals surface area contributed by atoms with Gasteiger partial charge in [0.25, 0.3) is 0 Å². The molecule has 0 saturated heterocycles. The summed E-state index contributed by atoms with van der Waals surface area (Å²) < 4.78 is 12.3. The molecular formula is C6H9FNO. The average Bonchev–Trinajstić information content (AvgIpc) is 1.86. The zero-order chi connectivity index (χ0) is 6.69. The van der Waals surface area contributed by atoms with Crippen LogP contribution in [0.5, 0.6) is 0 Å². The fraction of sp³-hybridized carbons (Fsp3) is 0.833. The standard InChI is InChI=1S/C6H9FNO/c7-6-2-1-5(6)3-8-4-9/h5-6H,1-3H2,(H,8,9). The molecule has 9 heavy (non-hydrogen) atoms. The van der Waals surface area contributed by atoms with E-state index in [1.807, 2.05) is 0 Å². The van der Waals surface area contributed by atoms with Crippen LogP contribution in [-0.4, -0.2) is 19.1 Å². The molecule has 2 nitrogen and oxygen atoms in total. The summed E-state index contributed by atoms with van der Waals surface area (Å²) in [5.41, 5.74) is 0. The van der Waals surface area contributed by atoms with Crippen LogP contribution in [0.3, 0.4) is 0 Å². The minimum Gasteiger partial charge on any atom is -0.347 e. The SMILES string of the molecule is O=[C]NCC1CCC1F. The second-order valence-corrected chi connectivity index (χ2v) is 2.34. The number of rotatable bonds is 3. The maximum absolute atomic E-state index is 12.3. The molecule has 0 bridgehead atoms. The topological polar surface area (TPSA) is 29.1 Å². The molecule has 1 fully saturated rings. The van der Waals surface area contributed by atoms with Crippen molar-refractivity contribution in [1.82, 2.24) is 5.32 Å². The Morgan fingerprint density at radius 1 is 1.67 bits per heavy atom. The Hall–Kier alpha value is -0.600. The first-order valence-corrected chi connectivity index (χ1v) is 3.08. The van der Waals surface area contributed by atoms with Gasteiger partial charge < -0.3 is 5.32 Å². The summed E-state index contributed by atoms with van der Waals surface area (Å²) in [6.45, 7) is 0.449. The Labute approximate surface area is 53.4 Å². The van der Waals surface area contributed by atoms with Gasteiger partial charge in [0.2, 0.25) is 0 Å². The van der Waals surface area contributed by atoms with Crippen LogP contribution in [0.25, 0.3) is 0 Å². The van der Waals surface area contributed by atoms with E-state index in [9.17, 15) is 9.18 Å². The first kappa shape index (κ1) is 6.52. The molecule has 0 aromatic heterocycles. The van der Waals surface area contributed by atoms with Gasteiger partial charge in [-0.05, 0) is 12.8 Å². The Morgan fingerprint density at radius 3 is 2.78 bits per heavy atom. The van der Waals surface area contributed by atoms with E-state index >= 15 is 0 Å². The summed E-state index contributed by atoms with van der Waals surface area (Å²) in [7, 11) is 0. The highest BCUT2D eigenvalue weighted by atomic mass is 19.1. The number of carbonyl (C=O) groups excluding carboxylic acids is 1. The molecule has 1 amide bonds. The lowest BCUT2D eigenvalue weighted by atomic mass is 9.83. The van der Waals surface area contributed by atoms with Crippen molar-refractivity contribution < 1.29 is 9.18 Å². The van der Waals surface area contributed by atoms with Crippen LogP contribution in [0.15, 0.2) is 0 Å². The van der Waals surface area contributed by atoms with Crippen LogP contribution in [0.1, 0.15) is 12.8 Å². The molecule has 0 spiro atoms. The maximum Gasteiger partial charge on any atom is 0.309 e. The number of alkyl halides is 1. The second kappa shape index (κ2) is 2.80. The smallest absolute Gasteiger partial charge is 0.309 e. The van der Waals surface area contributed by atoms with E-state index in [1.165, 1.54) is 6.41 Å². The molecule has 1 rings (SSSR count). The molecular weight excluding hydrogens is 121 g/mol. The van der Waals surface area contributed by atoms with Crippen molar-refractivity contribution >= 4 is 6.41 Å². The third kappa shape index (κ3) is 1.40. The van der Waals surface area contributed by atoms with E-state index in [0.717, 1.165) is 6.42 Å². The lowest BCUT2D eigenvalue weighted by molar-refractivity contribution is 0.115. The molecule has 1 N–H and O–H groups in total. The molecule has 2 atom stereocenters. The minimum absolute atomic E-state index is 0.0615. The molecule has 1 radical (unpaired) electrons. The third-order valence-electron chi connectivity index (χ3n) is 1.76. The number of halogens is 1. The molecule has 0 heterocycles. The maximum atomic E-state index is 12.3. The predicted molar refractivity (Wildman–Crippen MR) is 31.3 cm³/mol. The van der Waals surface area contributed by atoms with Crippen molar-refractivity contribution in [3.8, 4) is 0 Å². The van der Waals surface area contributed by atoms with Gasteiger partial charge in [-0.2, -0.15) is 0 Å². The number of hydrogen-bond donors (Lipinski definition) is 1. The summed E-state index contributed by atoms with van der Waals surface area (Å²) in [4.78, 5) is 9.60. The van der Waals surface area contributed by atoms with E-state index in [0.29, 0.717) is 13.0 Å². The molecule has 1 aliphatic carbocycles. The summed E-state index contributed by atoms with van der Waals surface area (Å²) in [5, 5.41) is 2.34. The summed E-state index contributed by atoms with van der Waals surface area (Å²) >= 11 is 0. The molecule has 1 aliphatic rings. The summed E-state index contributed by atoms with van der Waals surface area (Å²) in [6.07, 6.45) is 2.39. The van der Waals surface area contributed by atoms with Crippen molar-refractivity contribution in [1.29, 1.82) is 0 Å². The Kier molecular flexibility index (Phi) is 2.03. The molecule has 0 aromatic rings. The molecule has 1 saturated carbocycles. The zero-order valence-electron chi connectivity index (χ0n) is 5.06. The van der Waals surface area contributed by atoms with Gasteiger partial charge in [0, 0.05) is 12.5 Å². The van der Waals surface area contributed by atoms with Crippen LogP contribution < -0.4 is 5.32 Å². The van der Waals surface area contributed by atoms with Gasteiger partial charge >= 0.3 is 6.41 Å². The van der Waals surface area contributed by atoms with Crippen molar-refractivity contribution in [3.63, 3.8) is 0 Å². The Morgan fingerprint density at radius 2 is 2.44 bits per heavy atom. The van der Waals surface area contributed by atoms with E-state index in [2.05, 4.69) is 5.32 Å². The van der Waals surface area contributed by atoms with Crippen LogP contribution in [0.4, 0.5) is 4.39 Å². The first-order chi connectivity index (χ1) is 4.34. The van der Waals surface area contributed by atoms with Crippen LogP contribution in [0.2, 0.25) is 0 Å². The first-order valence-electron chi connectivity index (χ1n) is 3.08. The third-order valence-corrected chi connectivity index (χ3v) is 1.76. The van der Waals surface area contributed by atoms with Crippen LogP contribution >= 0.6 is 0 Å². The van der Waals surface area contributed by atoms with Gasteiger partial charge in [-0.15, -0.1) is 0 Å². The molecule has 0 aliphatic heterocycles. The zero-order valence-corrected chi connectivity index (χ0v) is 5.06. The van der Waals surface area contributed by atoms with E-state index in [-0.39, 0.29) is 5.92 Å². The van der Waals surface area contributed by atoms with Crippen LogP contribution in [0, 0.1) is 5.92 Å². The van der Waals surface area contributed by atoms with Crippen LogP contribution in [-0.2, 0) is 4.79 Å². The monoisotopic (exact) mass is 130 g/mol. The van der Waals surface area contributed by atoms with E-state index in [4.69, 9.17) is 0 Å². The number of amides is 1. The Bertz CT molecular complexity index is 107. The minimum atomic E-state index is -0.689. The summed E-state index contributed by atoms with van der Waals surface area (Å²) in [6, 6.07) is 0. The quantitative estimate of drug-likeness (QED) is 0.550. The van der Waals surface area contributed by atoms with E-state index in [1.54, 1.807) is 0 Å². The molecule has 3 heteroatoms. The van der Waals surface area contributed by atoms with Gasteiger partial charge in [-0.3, -0.25) is 4.79 Å². The molecule has 51 valence electrons. The number of nitrogens with one attached hydrogen (secondary N) is 1. The fourth-order valence-electron chi connectivity index (χ4n) is 0.931. The fourth-order valence-corrected chi connectivity index (χ4v) is 0.931. The highest BCUT2D eigenvalue weighted by Gasteiger charge is 2.29. The average molecular weight is 130 g/mol. The van der Waals surface area contributed by atoms with Crippen molar-refractivity contribution in [2.75, 3.05) is 6.54 Å². The van der Waals surface area contributed by atoms with Crippen molar-refractivity contribution in [2.45, 2.75) is 19.0 Å². The second-order valence-electron chi connectivity index (χ2n) is 2.34. The van der Waals surface area contributed by atoms with Gasteiger partial charge in [-0.1, -0.05) is 0 Å². The van der Waals surface area contributed by atoms with Gasteiger partial charge in [0.05, 0.1) is 0 Å².